The molecule has 0 bridgehead atoms. The maximum Gasteiger partial charge on any atom is 0.255 e. The maximum atomic E-state index is 12.3. The van der Waals surface area contributed by atoms with Crippen molar-refractivity contribution in [1.82, 2.24) is 4.57 Å². The van der Waals surface area contributed by atoms with E-state index in [-0.39, 0.29) is 5.56 Å². The summed E-state index contributed by atoms with van der Waals surface area (Å²) < 4.78 is 1.50. The molecule has 0 saturated carbocycles. The van der Waals surface area contributed by atoms with E-state index in [1.165, 1.54) is 10.6 Å². The third-order valence-electron chi connectivity index (χ3n) is 3.28. The number of hydrogen-bond donors (Lipinski definition) is 0. The van der Waals surface area contributed by atoms with Gasteiger partial charge in [-0.25, -0.2) is 0 Å². The second-order valence-electron chi connectivity index (χ2n) is 4.67. The molecule has 3 aromatic rings. The van der Waals surface area contributed by atoms with Gasteiger partial charge in [0, 0.05) is 28.9 Å². The van der Waals surface area contributed by atoms with Crippen LogP contribution in [0.1, 0.15) is 5.56 Å². The van der Waals surface area contributed by atoms with E-state index in [0.29, 0.717) is 27.4 Å². The Balaban J connectivity index is 2.13. The molecular weight excluding hydrogens is 296 g/mol. The van der Waals surface area contributed by atoms with Gasteiger partial charge in [0.2, 0.25) is 0 Å². The van der Waals surface area contributed by atoms with Crippen LogP contribution >= 0.6 is 11.6 Å². The number of benzene rings is 2. The topological polar surface area (TPSA) is 45.8 Å². The second-order valence-corrected chi connectivity index (χ2v) is 5.11. The average Bonchev–Trinajstić information content (AvgIpc) is 2.55. The third kappa shape index (κ3) is 2.65. The van der Waals surface area contributed by atoms with E-state index in [0.717, 1.165) is 0 Å². The first-order valence-corrected chi connectivity index (χ1v) is 6.96. The molecule has 1 aromatic heterocycles. The molecule has 0 aliphatic heterocycles. The SMILES string of the molecule is N#Cc1ccc(Cl)cc1-c1ccn(-c2[c]cccc2)c(=O)c1. The highest BCUT2D eigenvalue weighted by atomic mass is 35.5. The first-order valence-electron chi connectivity index (χ1n) is 6.59. The summed E-state index contributed by atoms with van der Waals surface area (Å²) in [6, 6.07) is 20.6. The number of rotatable bonds is 2. The monoisotopic (exact) mass is 305 g/mol. The van der Waals surface area contributed by atoms with Crippen LogP contribution in [0.15, 0.2) is 65.6 Å². The predicted molar refractivity (Wildman–Crippen MR) is 86.0 cm³/mol. The van der Waals surface area contributed by atoms with Crippen LogP contribution in [-0.2, 0) is 0 Å². The van der Waals surface area contributed by atoms with Gasteiger partial charge >= 0.3 is 0 Å². The zero-order chi connectivity index (χ0) is 15.5. The molecule has 0 aliphatic rings. The summed E-state index contributed by atoms with van der Waals surface area (Å²) in [5, 5.41) is 9.71. The fourth-order valence-electron chi connectivity index (χ4n) is 2.23. The van der Waals surface area contributed by atoms with Gasteiger partial charge in [-0.05, 0) is 35.9 Å². The van der Waals surface area contributed by atoms with E-state index >= 15 is 0 Å². The molecular formula is C18H10ClN2O. The molecule has 0 fully saturated rings. The van der Waals surface area contributed by atoms with E-state index in [4.69, 9.17) is 11.6 Å². The zero-order valence-corrected chi connectivity index (χ0v) is 12.2. The minimum atomic E-state index is -0.191. The molecule has 0 unspecified atom stereocenters. The smallest absolute Gasteiger partial charge is 0.255 e. The highest BCUT2D eigenvalue weighted by Crippen LogP contribution is 2.25. The van der Waals surface area contributed by atoms with Crippen LogP contribution in [0.4, 0.5) is 0 Å². The van der Waals surface area contributed by atoms with Crippen LogP contribution in [0.25, 0.3) is 16.8 Å². The molecule has 0 N–H and O–H groups in total. The Bertz CT molecular complexity index is 924. The summed E-state index contributed by atoms with van der Waals surface area (Å²) >= 11 is 5.99. The Hall–Kier alpha value is -2.83. The van der Waals surface area contributed by atoms with Crippen molar-refractivity contribution in [3.8, 4) is 22.9 Å². The first kappa shape index (κ1) is 14.1. The number of hydrogen-bond acceptors (Lipinski definition) is 2. The fraction of sp³-hybridized carbons (Fsp3) is 0. The molecule has 0 atom stereocenters. The Morgan fingerprint density at radius 3 is 2.68 bits per heavy atom. The normalized spacial score (nSPS) is 10.2. The Morgan fingerprint density at radius 1 is 1.14 bits per heavy atom. The van der Waals surface area contributed by atoms with Crippen molar-refractivity contribution < 1.29 is 0 Å². The van der Waals surface area contributed by atoms with Gasteiger partial charge in [-0.3, -0.25) is 9.36 Å². The minimum Gasteiger partial charge on any atom is -0.284 e. The van der Waals surface area contributed by atoms with Crippen molar-refractivity contribution in [2.45, 2.75) is 0 Å². The third-order valence-corrected chi connectivity index (χ3v) is 3.52. The summed E-state index contributed by atoms with van der Waals surface area (Å²) in [5.74, 6) is 0. The van der Waals surface area contributed by atoms with Crippen LogP contribution in [0.5, 0.6) is 0 Å². The summed E-state index contributed by atoms with van der Waals surface area (Å²) in [6.07, 6.45) is 1.67. The predicted octanol–water partition coefficient (Wildman–Crippen LogP) is 3.83. The molecule has 1 radical (unpaired) electrons. The molecule has 0 amide bonds. The summed E-state index contributed by atoms with van der Waals surface area (Å²) in [6.45, 7) is 0. The van der Waals surface area contributed by atoms with Gasteiger partial charge < -0.3 is 0 Å². The van der Waals surface area contributed by atoms with Crippen molar-refractivity contribution in [3.05, 3.63) is 87.8 Å². The number of pyridine rings is 1. The molecule has 2 aromatic carbocycles. The lowest BCUT2D eigenvalue weighted by molar-refractivity contribution is 0.990. The minimum absolute atomic E-state index is 0.191. The van der Waals surface area contributed by atoms with E-state index in [9.17, 15) is 10.1 Å². The number of nitriles is 1. The standard InChI is InChI=1S/C18H10ClN2O/c19-15-7-6-14(12-20)17(11-15)13-8-9-21(18(22)10-13)16-4-2-1-3-5-16/h1-4,6-11H. The van der Waals surface area contributed by atoms with Gasteiger partial charge in [-0.15, -0.1) is 0 Å². The average molecular weight is 306 g/mol. The number of para-hydroxylation sites is 1. The molecule has 3 rings (SSSR count). The maximum absolute atomic E-state index is 12.3. The molecule has 22 heavy (non-hydrogen) atoms. The van der Waals surface area contributed by atoms with E-state index in [1.807, 2.05) is 12.1 Å². The fourth-order valence-corrected chi connectivity index (χ4v) is 2.40. The van der Waals surface area contributed by atoms with Crippen molar-refractivity contribution in [3.63, 3.8) is 0 Å². The van der Waals surface area contributed by atoms with Crippen molar-refractivity contribution in [2.24, 2.45) is 0 Å². The summed E-state index contributed by atoms with van der Waals surface area (Å²) in [4.78, 5) is 12.3. The Morgan fingerprint density at radius 2 is 2.00 bits per heavy atom. The van der Waals surface area contributed by atoms with E-state index in [1.54, 1.807) is 42.6 Å². The van der Waals surface area contributed by atoms with Crippen LogP contribution in [0.2, 0.25) is 5.02 Å². The van der Waals surface area contributed by atoms with E-state index in [2.05, 4.69) is 12.1 Å². The zero-order valence-electron chi connectivity index (χ0n) is 11.5. The van der Waals surface area contributed by atoms with Gasteiger partial charge in [0.05, 0.1) is 17.3 Å². The van der Waals surface area contributed by atoms with Gasteiger partial charge in [-0.2, -0.15) is 5.26 Å². The van der Waals surface area contributed by atoms with Gasteiger partial charge in [-0.1, -0.05) is 29.8 Å². The Kier molecular flexibility index (Phi) is 3.78. The lowest BCUT2D eigenvalue weighted by Gasteiger charge is -2.08. The van der Waals surface area contributed by atoms with E-state index < -0.39 is 0 Å². The van der Waals surface area contributed by atoms with Crippen molar-refractivity contribution in [2.75, 3.05) is 0 Å². The van der Waals surface area contributed by atoms with Gasteiger partial charge in [0.25, 0.3) is 5.56 Å². The molecule has 3 nitrogen and oxygen atoms in total. The lowest BCUT2D eigenvalue weighted by Crippen LogP contribution is -2.16. The van der Waals surface area contributed by atoms with Crippen LogP contribution in [0, 0.1) is 17.4 Å². The van der Waals surface area contributed by atoms with Crippen LogP contribution < -0.4 is 5.56 Å². The first-order chi connectivity index (χ1) is 10.7. The molecule has 4 heteroatoms. The van der Waals surface area contributed by atoms with Crippen molar-refractivity contribution >= 4 is 11.6 Å². The summed E-state index contributed by atoms with van der Waals surface area (Å²) in [5.41, 5.74) is 2.27. The molecule has 105 valence electrons. The lowest BCUT2D eigenvalue weighted by atomic mass is 10.0. The number of halogens is 1. The molecule has 0 aliphatic carbocycles. The largest absolute Gasteiger partial charge is 0.284 e. The molecule has 0 saturated heterocycles. The highest BCUT2D eigenvalue weighted by molar-refractivity contribution is 6.30. The van der Waals surface area contributed by atoms with Crippen LogP contribution in [0.3, 0.4) is 0 Å². The molecule has 0 spiro atoms. The highest BCUT2D eigenvalue weighted by Gasteiger charge is 2.08. The van der Waals surface area contributed by atoms with Crippen molar-refractivity contribution in [1.29, 1.82) is 5.26 Å². The van der Waals surface area contributed by atoms with Gasteiger partial charge in [0.15, 0.2) is 0 Å². The number of aromatic nitrogens is 1. The summed E-state index contributed by atoms with van der Waals surface area (Å²) in [7, 11) is 0. The number of nitrogens with zero attached hydrogens (tertiary/aromatic N) is 2. The second kappa shape index (κ2) is 5.88. The molecule has 1 heterocycles. The Labute approximate surface area is 132 Å². The van der Waals surface area contributed by atoms with Crippen LogP contribution in [-0.4, -0.2) is 4.57 Å². The quantitative estimate of drug-likeness (QED) is 0.722. The van der Waals surface area contributed by atoms with Gasteiger partial charge in [0.1, 0.15) is 0 Å².